The number of benzene rings is 2. The highest BCUT2D eigenvalue weighted by Crippen LogP contribution is 2.60. The number of aromatic nitrogens is 1. The summed E-state index contributed by atoms with van der Waals surface area (Å²) in [6.45, 7) is 2.07. The minimum atomic E-state index is -0.392. The number of rotatable bonds is 6. The molecule has 2 N–H and O–H groups in total. The van der Waals surface area contributed by atoms with E-state index in [2.05, 4.69) is 15.6 Å². The molecule has 4 saturated carbocycles. The number of anilines is 2. The Balaban J connectivity index is 1.14. The van der Waals surface area contributed by atoms with Gasteiger partial charge in [-0.3, -0.25) is 9.59 Å². The van der Waals surface area contributed by atoms with E-state index in [0.717, 1.165) is 29.5 Å². The van der Waals surface area contributed by atoms with Crippen molar-refractivity contribution in [1.29, 1.82) is 0 Å². The van der Waals surface area contributed by atoms with Gasteiger partial charge in [0.25, 0.3) is 5.91 Å². The summed E-state index contributed by atoms with van der Waals surface area (Å²) in [6, 6.07) is 11.9. The van der Waals surface area contributed by atoms with Gasteiger partial charge in [-0.1, -0.05) is 11.3 Å². The van der Waals surface area contributed by atoms with E-state index in [4.69, 9.17) is 4.74 Å². The molecule has 0 saturated heterocycles. The lowest BCUT2D eigenvalue weighted by Crippen LogP contribution is -2.51. The number of carbonyl (C=O) groups is 3. The predicted octanol–water partition coefficient (Wildman–Crippen LogP) is 5.88. The molecule has 0 atom stereocenters. The highest BCUT2D eigenvalue weighted by Gasteiger charge is 2.54. The summed E-state index contributed by atoms with van der Waals surface area (Å²) in [7, 11) is 0. The third-order valence-electron chi connectivity index (χ3n) is 8.04. The smallest absolute Gasteiger partial charge is 0.338 e. The first-order chi connectivity index (χ1) is 17.4. The van der Waals surface area contributed by atoms with E-state index in [1.165, 1.54) is 30.6 Å². The van der Waals surface area contributed by atoms with Crippen molar-refractivity contribution in [2.24, 2.45) is 23.2 Å². The summed E-state index contributed by atoms with van der Waals surface area (Å²) in [4.78, 5) is 42.6. The Hall–Kier alpha value is -3.26. The summed E-state index contributed by atoms with van der Waals surface area (Å²) in [5.41, 5.74) is 2.06. The molecule has 0 spiro atoms. The zero-order chi connectivity index (χ0) is 24.9. The molecule has 4 aliphatic rings. The maximum Gasteiger partial charge on any atom is 0.338 e. The molecule has 186 valence electrons. The number of esters is 1. The number of ether oxygens (including phenoxy) is 1. The largest absolute Gasteiger partial charge is 0.462 e. The lowest BCUT2D eigenvalue weighted by atomic mass is 9.49. The molecule has 4 aliphatic carbocycles. The van der Waals surface area contributed by atoms with Gasteiger partial charge in [-0.15, -0.1) is 0 Å². The van der Waals surface area contributed by atoms with Gasteiger partial charge in [0.2, 0.25) is 5.91 Å². The molecule has 4 bridgehead atoms. The lowest BCUT2D eigenvalue weighted by Gasteiger charge is -2.55. The average molecular weight is 504 g/mol. The van der Waals surface area contributed by atoms with Gasteiger partial charge in [0.15, 0.2) is 5.13 Å². The number of thiazole rings is 1. The van der Waals surface area contributed by atoms with Crippen LogP contribution in [0.15, 0.2) is 42.5 Å². The van der Waals surface area contributed by atoms with Crippen LogP contribution in [0.5, 0.6) is 0 Å². The van der Waals surface area contributed by atoms with Crippen molar-refractivity contribution >= 4 is 50.2 Å². The van der Waals surface area contributed by atoms with Gasteiger partial charge in [0, 0.05) is 11.3 Å². The number of nitrogens with one attached hydrogen (secondary N) is 2. The van der Waals surface area contributed by atoms with Crippen molar-refractivity contribution in [3.05, 3.63) is 53.6 Å². The molecule has 3 aromatic rings. The van der Waals surface area contributed by atoms with Gasteiger partial charge in [0.1, 0.15) is 0 Å². The van der Waals surface area contributed by atoms with Crippen molar-refractivity contribution in [3.8, 4) is 0 Å². The number of hydrogen-bond donors (Lipinski definition) is 2. The third-order valence-corrected chi connectivity index (χ3v) is 8.98. The Kier molecular flexibility index (Phi) is 5.79. The van der Waals surface area contributed by atoms with E-state index in [9.17, 15) is 14.4 Å². The fourth-order valence-electron chi connectivity index (χ4n) is 6.85. The molecule has 0 aliphatic heterocycles. The molecule has 0 unspecified atom stereocenters. The van der Waals surface area contributed by atoms with E-state index in [1.54, 1.807) is 43.3 Å². The molecule has 36 heavy (non-hydrogen) atoms. The summed E-state index contributed by atoms with van der Waals surface area (Å²) in [5, 5.41) is 6.58. The van der Waals surface area contributed by atoms with Crippen LogP contribution in [0, 0.1) is 23.2 Å². The molecular weight excluding hydrogens is 474 g/mol. The summed E-state index contributed by atoms with van der Waals surface area (Å²) in [6.07, 6.45) is 6.94. The van der Waals surface area contributed by atoms with Gasteiger partial charge in [-0.2, -0.15) is 0 Å². The molecule has 2 amide bonds. The Labute approximate surface area is 213 Å². The third kappa shape index (κ3) is 4.28. The van der Waals surface area contributed by atoms with Crippen LogP contribution in [-0.2, 0) is 9.53 Å². The van der Waals surface area contributed by atoms with Gasteiger partial charge < -0.3 is 15.4 Å². The Morgan fingerprint density at radius 3 is 2.22 bits per heavy atom. The van der Waals surface area contributed by atoms with E-state index >= 15 is 0 Å². The maximum atomic E-state index is 13.4. The highest BCUT2D eigenvalue weighted by atomic mass is 32.1. The lowest BCUT2D eigenvalue weighted by molar-refractivity contribution is -0.140. The Morgan fingerprint density at radius 2 is 1.58 bits per heavy atom. The molecule has 0 radical (unpaired) electrons. The first-order valence-corrected chi connectivity index (χ1v) is 13.5. The monoisotopic (exact) mass is 503 g/mol. The van der Waals surface area contributed by atoms with Crippen molar-refractivity contribution in [2.45, 2.75) is 45.4 Å². The normalized spacial score (nSPS) is 26.1. The van der Waals surface area contributed by atoms with Crippen molar-refractivity contribution in [2.75, 3.05) is 17.2 Å². The van der Waals surface area contributed by atoms with Crippen LogP contribution in [-0.4, -0.2) is 29.4 Å². The minimum Gasteiger partial charge on any atom is -0.462 e. The second-order valence-electron chi connectivity index (χ2n) is 10.6. The van der Waals surface area contributed by atoms with Gasteiger partial charge in [-0.25, -0.2) is 9.78 Å². The van der Waals surface area contributed by atoms with Crippen molar-refractivity contribution in [3.63, 3.8) is 0 Å². The van der Waals surface area contributed by atoms with Crippen LogP contribution in [0.4, 0.5) is 10.8 Å². The first kappa shape index (κ1) is 23.2. The van der Waals surface area contributed by atoms with E-state index in [1.807, 2.05) is 6.07 Å². The van der Waals surface area contributed by atoms with Gasteiger partial charge >= 0.3 is 5.97 Å². The van der Waals surface area contributed by atoms with E-state index in [-0.39, 0.29) is 17.2 Å². The first-order valence-electron chi connectivity index (χ1n) is 12.7. The second-order valence-corrected chi connectivity index (χ2v) is 11.6. The van der Waals surface area contributed by atoms with Crippen molar-refractivity contribution < 1.29 is 19.1 Å². The summed E-state index contributed by atoms with van der Waals surface area (Å²) >= 11 is 1.40. The van der Waals surface area contributed by atoms with Crippen molar-refractivity contribution in [1.82, 2.24) is 4.98 Å². The molecule has 7 rings (SSSR count). The zero-order valence-corrected chi connectivity index (χ0v) is 21.0. The quantitative estimate of drug-likeness (QED) is 0.410. The molecule has 2 aromatic carbocycles. The topological polar surface area (TPSA) is 97.4 Å². The summed E-state index contributed by atoms with van der Waals surface area (Å²) < 4.78 is 5.84. The number of amides is 2. The maximum absolute atomic E-state index is 13.4. The van der Waals surface area contributed by atoms with Crippen LogP contribution in [0.2, 0.25) is 0 Å². The van der Waals surface area contributed by atoms with Crippen LogP contribution >= 0.6 is 11.3 Å². The molecule has 8 heteroatoms. The van der Waals surface area contributed by atoms with Gasteiger partial charge in [-0.05, 0) is 106 Å². The number of nitrogens with zero attached hydrogens (tertiary/aromatic N) is 1. The van der Waals surface area contributed by atoms with Crippen LogP contribution in [0.1, 0.15) is 66.2 Å². The molecule has 1 aromatic heterocycles. The highest BCUT2D eigenvalue weighted by molar-refractivity contribution is 7.22. The Bertz CT molecular complexity index is 1310. The molecule has 7 nitrogen and oxygen atoms in total. The number of hydrogen-bond acceptors (Lipinski definition) is 6. The number of fused-ring (bicyclic) bond motifs is 1. The fourth-order valence-corrected chi connectivity index (χ4v) is 7.75. The Morgan fingerprint density at radius 1 is 0.944 bits per heavy atom. The summed E-state index contributed by atoms with van der Waals surface area (Å²) in [5.74, 6) is 1.61. The predicted molar refractivity (Wildman–Crippen MR) is 139 cm³/mol. The van der Waals surface area contributed by atoms with Crippen LogP contribution in [0.25, 0.3) is 10.2 Å². The molecular formula is C28H29N3O4S. The number of carbonyl (C=O) groups excluding carboxylic acids is 3. The second kappa shape index (κ2) is 9.00. The van der Waals surface area contributed by atoms with E-state index < -0.39 is 5.97 Å². The van der Waals surface area contributed by atoms with Gasteiger partial charge in [0.05, 0.1) is 27.8 Å². The molecule has 4 fully saturated rings. The van der Waals surface area contributed by atoms with Crippen LogP contribution < -0.4 is 10.6 Å². The standard InChI is InChI=1S/C28H29N3O4S/c1-2-35-25(33)19-3-6-21(7-4-19)29-24(32)20-5-8-22-23(12-20)36-27(30-22)31-26(34)28-13-16-9-17(14-28)11-18(10-16)15-28/h3-8,12,16-18H,2,9-11,13-15H2,1H3,(H,29,32)(H,30,31,34). The SMILES string of the molecule is CCOC(=O)c1ccc(NC(=O)c2ccc3nc(NC(=O)C45CC6CC(CC(C6)C4)C5)sc3c2)cc1. The van der Waals surface area contributed by atoms with Crippen LogP contribution in [0.3, 0.4) is 0 Å². The fraction of sp³-hybridized carbons (Fsp3) is 0.429. The minimum absolute atomic E-state index is 0.130. The average Bonchev–Trinajstić information content (AvgIpc) is 3.25. The molecule has 1 heterocycles. The zero-order valence-electron chi connectivity index (χ0n) is 20.2. The van der Waals surface area contributed by atoms with E-state index in [0.29, 0.717) is 46.3 Å².